The molecule has 2 aromatic rings. The van der Waals surface area contributed by atoms with Crippen LogP contribution in [0.15, 0.2) is 53.7 Å². The average molecular weight is 507 g/mol. The Kier molecular flexibility index (Phi) is 10.4. The third-order valence-electron chi connectivity index (χ3n) is 5.36. The third-order valence-corrected chi connectivity index (χ3v) is 5.36. The van der Waals surface area contributed by atoms with Gasteiger partial charge in [-0.2, -0.15) is 0 Å². The lowest BCUT2D eigenvalue weighted by Crippen LogP contribution is -2.38. The lowest BCUT2D eigenvalue weighted by molar-refractivity contribution is 0.185. The molecule has 0 bridgehead atoms. The van der Waals surface area contributed by atoms with Crippen LogP contribution in [-0.4, -0.2) is 42.5 Å². The first-order chi connectivity index (χ1) is 13.7. The molecule has 1 aliphatic heterocycles. The third kappa shape index (κ3) is 8.30. The van der Waals surface area contributed by atoms with Gasteiger partial charge in [-0.3, -0.25) is 14.9 Å². The van der Waals surface area contributed by atoms with Crippen molar-refractivity contribution in [2.75, 3.05) is 26.7 Å². The molecule has 0 unspecified atom stereocenters. The summed E-state index contributed by atoms with van der Waals surface area (Å²) >= 11 is 0. The summed E-state index contributed by atoms with van der Waals surface area (Å²) < 4.78 is 0. The van der Waals surface area contributed by atoms with Crippen molar-refractivity contribution in [1.29, 1.82) is 0 Å². The Morgan fingerprint density at radius 3 is 2.62 bits per heavy atom. The highest BCUT2D eigenvalue weighted by Crippen LogP contribution is 2.18. The molecule has 0 saturated carbocycles. The van der Waals surface area contributed by atoms with Gasteiger partial charge in [-0.15, -0.1) is 24.0 Å². The summed E-state index contributed by atoms with van der Waals surface area (Å²) in [5.41, 5.74) is 3.77. The molecule has 5 nitrogen and oxygen atoms in total. The number of benzene rings is 1. The molecule has 2 heterocycles. The highest BCUT2D eigenvalue weighted by molar-refractivity contribution is 14.0. The van der Waals surface area contributed by atoms with Gasteiger partial charge in [0.15, 0.2) is 5.96 Å². The van der Waals surface area contributed by atoms with E-state index >= 15 is 0 Å². The maximum absolute atomic E-state index is 4.35. The van der Waals surface area contributed by atoms with Crippen LogP contribution in [0.5, 0.6) is 0 Å². The molecule has 29 heavy (non-hydrogen) atoms. The summed E-state index contributed by atoms with van der Waals surface area (Å²) in [6.07, 6.45) is 5.36. The number of nitrogens with zero attached hydrogens (tertiary/aromatic N) is 3. The number of likely N-dealkylation sites (tertiary alicyclic amines) is 1. The number of rotatable bonds is 7. The van der Waals surface area contributed by atoms with Crippen LogP contribution in [0, 0.1) is 5.92 Å². The second-order valence-electron chi connectivity index (χ2n) is 7.70. The van der Waals surface area contributed by atoms with Crippen molar-refractivity contribution < 1.29 is 0 Å². The van der Waals surface area contributed by atoms with Gasteiger partial charge >= 0.3 is 0 Å². The van der Waals surface area contributed by atoms with Crippen LogP contribution in [0.1, 0.15) is 36.6 Å². The van der Waals surface area contributed by atoms with Gasteiger partial charge in [0.25, 0.3) is 0 Å². The van der Waals surface area contributed by atoms with E-state index in [1.807, 2.05) is 31.4 Å². The molecule has 6 heteroatoms. The van der Waals surface area contributed by atoms with Gasteiger partial charge in [0.05, 0.1) is 0 Å². The van der Waals surface area contributed by atoms with Gasteiger partial charge in [0.2, 0.25) is 0 Å². The lowest BCUT2D eigenvalue weighted by atomic mass is 9.98. The predicted octanol–water partition coefficient (Wildman–Crippen LogP) is 3.84. The van der Waals surface area contributed by atoms with E-state index < -0.39 is 0 Å². The number of hydrogen-bond donors (Lipinski definition) is 2. The Balaban J connectivity index is 0.00000300. The van der Waals surface area contributed by atoms with Crippen LogP contribution < -0.4 is 10.6 Å². The summed E-state index contributed by atoms with van der Waals surface area (Å²) in [6, 6.07) is 14.9. The smallest absolute Gasteiger partial charge is 0.191 e. The van der Waals surface area contributed by atoms with E-state index in [1.54, 1.807) is 0 Å². The minimum atomic E-state index is 0. The molecule has 1 aromatic heterocycles. The summed E-state index contributed by atoms with van der Waals surface area (Å²) in [7, 11) is 1.81. The number of nitrogens with one attached hydrogen (secondary N) is 2. The molecule has 2 N–H and O–H groups in total. The van der Waals surface area contributed by atoms with Gasteiger partial charge in [0.1, 0.15) is 0 Å². The number of aliphatic imine (C=N–C) groups is 1. The van der Waals surface area contributed by atoms with Crippen molar-refractivity contribution in [3.05, 3.63) is 65.5 Å². The van der Waals surface area contributed by atoms with Crippen LogP contribution >= 0.6 is 24.0 Å². The van der Waals surface area contributed by atoms with E-state index in [2.05, 4.69) is 56.7 Å². The molecule has 0 radical (unpaired) electrons. The molecule has 1 saturated heterocycles. The van der Waals surface area contributed by atoms with Crippen molar-refractivity contribution in [3.63, 3.8) is 0 Å². The maximum Gasteiger partial charge on any atom is 0.191 e. The van der Waals surface area contributed by atoms with E-state index in [1.165, 1.54) is 37.1 Å². The largest absolute Gasteiger partial charge is 0.356 e. The van der Waals surface area contributed by atoms with Crippen molar-refractivity contribution >= 4 is 29.9 Å². The van der Waals surface area contributed by atoms with Crippen LogP contribution in [0.3, 0.4) is 0 Å². The van der Waals surface area contributed by atoms with E-state index in [4.69, 9.17) is 0 Å². The Hall–Kier alpha value is -1.67. The highest BCUT2D eigenvalue weighted by Gasteiger charge is 2.15. The first-order valence-corrected chi connectivity index (χ1v) is 10.4. The molecule has 158 valence electrons. The Bertz CT molecular complexity index is 742. The fourth-order valence-corrected chi connectivity index (χ4v) is 3.58. The van der Waals surface area contributed by atoms with Crippen molar-refractivity contribution in [3.8, 4) is 0 Å². The summed E-state index contributed by atoms with van der Waals surface area (Å²) in [5, 5.41) is 6.78. The molecule has 0 amide bonds. The van der Waals surface area contributed by atoms with Crippen LogP contribution in [0.2, 0.25) is 0 Å². The molecule has 1 fully saturated rings. The van der Waals surface area contributed by atoms with Gasteiger partial charge in [-0.25, -0.2) is 0 Å². The number of halogens is 1. The standard InChI is InChI=1S/C23H33N5.HI/c1-19-10-14-28(15-11-19)18-21-7-5-6-20(16-21)17-27-23(24-2)26-13-9-22-8-3-4-12-25-22;/h3-8,12,16,19H,9-11,13-15,17-18H2,1-2H3,(H2,24,26,27);1H. The Morgan fingerprint density at radius 2 is 1.90 bits per heavy atom. The summed E-state index contributed by atoms with van der Waals surface area (Å²) in [5.74, 6) is 1.70. The van der Waals surface area contributed by atoms with Crippen LogP contribution in [0.4, 0.5) is 0 Å². The number of piperidine rings is 1. The van der Waals surface area contributed by atoms with Crippen molar-refractivity contribution in [2.45, 2.75) is 39.3 Å². The molecular weight excluding hydrogens is 473 g/mol. The van der Waals surface area contributed by atoms with Crippen molar-refractivity contribution in [2.24, 2.45) is 10.9 Å². The van der Waals surface area contributed by atoms with Gasteiger partial charge in [-0.1, -0.05) is 37.3 Å². The molecular formula is C23H34IN5. The predicted molar refractivity (Wildman–Crippen MR) is 132 cm³/mol. The number of guanidine groups is 1. The fraction of sp³-hybridized carbons (Fsp3) is 0.478. The van der Waals surface area contributed by atoms with Gasteiger partial charge in [0, 0.05) is 45.0 Å². The molecule has 0 atom stereocenters. The summed E-state index contributed by atoms with van der Waals surface area (Å²) in [4.78, 5) is 11.2. The lowest BCUT2D eigenvalue weighted by Gasteiger charge is -2.30. The zero-order valence-electron chi connectivity index (χ0n) is 17.6. The quantitative estimate of drug-likeness (QED) is 0.340. The average Bonchev–Trinajstić information content (AvgIpc) is 2.73. The first kappa shape index (κ1) is 23.6. The Labute approximate surface area is 192 Å². The Morgan fingerprint density at radius 1 is 1.10 bits per heavy atom. The molecule has 1 aliphatic rings. The van der Waals surface area contributed by atoms with Gasteiger partial charge in [-0.05, 0) is 55.1 Å². The molecule has 0 spiro atoms. The zero-order valence-corrected chi connectivity index (χ0v) is 19.9. The van der Waals surface area contributed by atoms with Crippen molar-refractivity contribution in [1.82, 2.24) is 20.5 Å². The maximum atomic E-state index is 4.35. The second kappa shape index (κ2) is 12.8. The van der Waals surface area contributed by atoms with E-state index in [-0.39, 0.29) is 24.0 Å². The minimum Gasteiger partial charge on any atom is -0.356 e. The highest BCUT2D eigenvalue weighted by atomic mass is 127. The first-order valence-electron chi connectivity index (χ1n) is 10.4. The van der Waals surface area contributed by atoms with Gasteiger partial charge < -0.3 is 10.6 Å². The topological polar surface area (TPSA) is 52.6 Å². The SMILES string of the molecule is CN=C(NCCc1ccccn1)NCc1cccc(CN2CCC(C)CC2)c1.I. The van der Waals surface area contributed by atoms with E-state index in [0.717, 1.165) is 43.6 Å². The molecule has 3 rings (SSSR count). The fourth-order valence-electron chi connectivity index (χ4n) is 3.58. The normalized spacial score (nSPS) is 15.6. The molecule has 1 aromatic carbocycles. The van der Waals surface area contributed by atoms with E-state index in [0.29, 0.717) is 0 Å². The number of hydrogen-bond acceptors (Lipinski definition) is 3. The van der Waals surface area contributed by atoms with Crippen LogP contribution in [0.25, 0.3) is 0 Å². The minimum absolute atomic E-state index is 0. The zero-order chi connectivity index (χ0) is 19.6. The second-order valence-corrected chi connectivity index (χ2v) is 7.70. The van der Waals surface area contributed by atoms with E-state index in [9.17, 15) is 0 Å². The number of aromatic nitrogens is 1. The monoisotopic (exact) mass is 507 g/mol. The summed E-state index contributed by atoms with van der Waals surface area (Å²) in [6.45, 7) is 7.43. The number of pyridine rings is 1. The molecule has 0 aliphatic carbocycles. The van der Waals surface area contributed by atoms with Crippen LogP contribution in [-0.2, 0) is 19.5 Å².